The molecular weight excluding hydrogens is 552 g/mol. The van der Waals surface area contributed by atoms with E-state index in [1.54, 1.807) is 6.08 Å². The summed E-state index contributed by atoms with van der Waals surface area (Å²) >= 11 is 3.64. The highest BCUT2D eigenvalue weighted by atomic mass is 79.9. The molecule has 0 N–H and O–H groups in total. The molecule has 3 aromatic rings. The van der Waals surface area contributed by atoms with Gasteiger partial charge in [0, 0.05) is 22.0 Å². The maximum Gasteiger partial charge on any atom is 0.213 e. The van der Waals surface area contributed by atoms with Gasteiger partial charge in [0.05, 0.1) is 18.4 Å². The third kappa shape index (κ3) is 6.67. The molecule has 204 valence electrons. The van der Waals surface area contributed by atoms with Gasteiger partial charge in [0.25, 0.3) is 0 Å². The zero-order valence-corrected chi connectivity index (χ0v) is 24.2. The molecule has 0 fully saturated rings. The number of unbranched alkanes of at least 4 members (excludes halogenated alkanes) is 5. The molecular formula is C33H37BrN2O3. The summed E-state index contributed by atoms with van der Waals surface area (Å²) in [6, 6.07) is 22.7. The van der Waals surface area contributed by atoms with E-state index in [0.717, 1.165) is 63.6 Å². The predicted octanol–water partition coefficient (Wildman–Crippen LogP) is 9.00. The fourth-order valence-electron chi connectivity index (χ4n) is 5.15. The minimum atomic E-state index is -0.316. The van der Waals surface area contributed by atoms with E-state index in [1.165, 1.54) is 32.1 Å². The SMILES string of the molecule is C=CCOc1ccc(C2=NN3C(C2)c2cc(Br)ccc2OC3c2ccc(OCCCCCCCC)cc2)cc1. The maximum absolute atomic E-state index is 6.55. The number of ether oxygens (including phenoxy) is 3. The summed E-state index contributed by atoms with van der Waals surface area (Å²) in [4.78, 5) is 0. The minimum absolute atomic E-state index is 0.0894. The van der Waals surface area contributed by atoms with Crippen molar-refractivity contribution in [1.82, 2.24) is 5.01 Å². The van der Waals surface area contributed by atoms with Gasteiger partial charge < -0.3 is 14.2 Å². The van der Waals surface area contributed by atoms with Crippen LogP contribution in [0.25, 0.3) is 0 Å². The first-order chi connectivity index (χ1) is 19.2. The number of halogens is 1. The summed E-state index contributed by atoms with van der Waals surface area (Å²) in [5.74, 6) is 2.62. The Labute approximate surface area is 240 Å². The first-order valence-corrected chi connectivity index (χ1v) is 14.8. The Kier molecular flexibility index (Phi) is 9.25. The number of nitrogens with zero attached hydrogens (tertiary/aromatic N) is 2. The first-order valence-electron chi connectivity index (χ1n) is 14.0. The molecule has 0 amide bonds. The highest BCUT2D eigenvalue weighted by Gasteiger charge is 2.41. The van der Waals surface area contributed by atoms with Gasteiger partial charge in [0.15, 0.2) is 0 Å². The average Bonchev–Trinajstić information content (AvgIpc) is 3.42. The molecule has 0 aliphatic carbocycles. The second-order valence-electron chi connectivity index (χ2n) is 10.1. The lowest BCUT2D eigenvalue weighted by Gasteiger charge is -2.38. The molecule has 2 heterocycles. The number of benzene rings is 3. The van der Waals surface area contributed by atoms with Crippen molar-refractivity contribution in [1.29, 1.82) is 0 Å². The van der Waals surface area contributed by atoms with Gasteiger partial charge in [0.2, 0.25) is 6.23 Å². The molecule has 2 aliphatic heterocycles. The Balaban J connectivity index is 1.31. The van der Waals surface area contributed by atoms with Gasteiger partial charge in [-0.2, -0.15) is 5.10 Å². The fraction of sp³-hybridized carbons (Fsp3) is 0.364. The first kappa shape index (κ1) is 27.3. The highest BCUT2D eigenvalue weighted by molar-refractivity contribution is 9.10. The summed E-state index contributed by atoms with van der Waals surface area (Å²) < 4.78 is 19.3. The van der Waals surface area contributed by atoms with Gasteiger partial charge in [-0.1, -0.05) is 67.6 Å². The van der Waals surface area contributed by atoms with Gasteiger partial charge in [-0.3, -0.25) is 0 Å². The number of hydrogen-bond acceptors (Lipinski definition) is 5. The maximum atomic E-state index is 6.55. The van der Waals surface area contributed by atoms with Crippen LogP contribution in [0.3, 0.4) is 0 Å². The molecule has 0 bridgehead atoms. The largest absolute Gasteiger partial charge is 0.494 e. The van der Waals surface area contributed by atoms with E-state index in [-0.39, 0.29) is 12.3 Å². The van der Waals surface area contributed by atoms with Crippen molar-refractivity contribution in [2.75, 3.05) is 13.2 Å². The number of rotatable bonds is 13. The Hall–Kier alpha value is -3.25. The van der Waals surface area contributed by atoms with E-state index in [0.29, 0.717) is 6.61 Å². The van der Waals surface area contributed by atoms with Crippen LogP contribution in [0.15, 0.2) is 89.0 Å². The molecule has 6 heteroatoms. The molecule has 2 atom stereocenters. The van der Waals surface area contributed by atoms with Crippen molar-refractivity contribution >= 4 is 21.6 Å². The number of hydrogen-bond donors (Lipinski definition) is 0. The fourth-order valence-corrected chi connectivity index (χ4v) is 5.53. The lowest BCUT2D eigenvalue weighted by atomic mass is 9.96. The van der Waals surface area contributed by atoms with Crippen LogP contribution in [-0.2, 0) is 0 Å². The molecule has 0 spiro atoms. The van der Waals surface area contributed by atoms with Crippen molar-refractivity contribution in [3.63, 3.8) is 0 Å². The minimum Gasteiger partial charge on any atom is -0.494 e. The van der Waals surface area contributed by atoms with Gasteiger partial charge >= 0.3 is 0 Å². The molecule has 5 rings (SSSR count). The average molecular weight is 590 g/mol. The third-order valence-electron chi connectivity index (χ3n) is 7.24. The number of hydrazone groups is 1. The smallest absolute Gasteiger partial charge is 0.213 e. The molecule has 2 unspecified atom stereocenters. The van der Waals surface area contributed by atoms with E-state index in [1.807, 2.05) is 36.4 Å². The normalized spacial score (nSPS) is 17.6. The second-order valence-corrected chi connectivity index (χ2v) is 11.0. The molecule has 3 aromatic carbocycles. The molecule has 0 saturated heterocycles. The van der Waals surface area contributed by atoms with Crippen molar-refractivity contribution in [2.45, 2.75) is 64.1 Å². The van der Waals surface area contributed by atoms with E-state index in [4.69, 9.17) is 19.3 Å². The monoisotopic (exact) mass is 588 g/mol. The second kappa shape index (κ2) is 13.2. The lowest BCUT2D eigenvalue weighted by Crippen LogP contribution is -2.33. The van der Waals surface area contributed by atoms with E-state index in [2.05, 4.69) is 64.8 Å². The van der Waals surface area contributed by atoms with Crippen LogP contribution >= 0.6 is 15.9 Å². The number of fused-ring (bicyclic) bond motifs is 3. The molecule has 2 aliphatic rings. The lowest BCUT2D eigenvalue weighted by molar-refractivity contribution is -0.0191. The summed E-state index contributed by atoms with van der Waals surface area (Å²) in [7, 11) is 0. The van der Waals surface area contributed by atoms with Crippen LogP contribution in [0.2, 0.25) is 0 Å². The summed E-state index contributed by atoms with van der Waals surface area (Å²) in [6.07, 6.45) is 9.77. The Morgan fingerprint density at radius 1 is 0.949 bits per heavy atom. The van der Waals surface area contributed by atoms with Gasteiger partial charge in [-0.05, 0) is 78.7 Å². The van der Waals surface area contributed by atoms with Crippen molar-refractivity contribution < 1.29 is 14.2 Å². The van der Waals surface area contributed by atoms with Crippen LogP contribution in [-0.4, -0.2) is 23.9 Å². The molecule has 0 saturated carbocycles. The topological polar surface area (TPSA) is 43.3 Å². The van der Waals surface area contributed by atoms with E-state index < -0.39 is 0 Å². The van der Waals surface area contributed by atoms with Crippen LogP contribution in [0, 0.1) is 0 Å². The molecule has 5 nitrogen and oxygen atoms in total. The summed E-state index contributed by atoms with van der Waals surface area (Å²) in [5, 5.41) is 7.20. The van der Waals surface area contributed by atoms with Crippen molar-refractivity contribution in [2.24, 2.45) is 5.10 Å². The molecule has 0 aromatic heterocycles. The van der Waals surface area contributed by atoms with Gasteiger partial charge in [0.1, 0.15) is 23.9 Å². The van der Waals surface area contributed by atoms with Gasteiger partial charge in [-0.25, -0.2) is 5.01 Å². The van der Waals surface area contributed by atoms with E-state index in [9.17, 15) is 0 Å². The van der Waals surface area contributed by atoms with Crippen LogP contribution in [0.4, 0.5) is 0 Å². The standard InChI is InChI=1S/C33H37BrN2O3/c1-3-5-6-7-8-9-21-38-28-17-12-25(13-18-28)33-36-31(29-22-26(34)14-19-32(29)39-33)23-30(35-36)24-10-15-27(16-11-24)37-20-4-2/h4,10-19,22,31,33H,2-3,5-9,20-21,23H2,1H3. The molecule has 0 radical (unpaired) electrons. The Bertz CT molecular complexity index is 1270. The van der Waals surface area contributed by atoms with Crippen LogP contribution in [0.5, 0.6) is 17.2 Å². The quantitative estimate of drug-likeness (QED) is 0.147. The zero-order chi connectivity index (χ0) is 27.0. The van der Waals surface area contributed by atoms with Crippen molar-refractivity contribution in [3.8, 4) is 17.2 Å². The zero-order valence-electron chi connectivity index (χ0n) is 22.7. The summed E-state index contributed by atoms with van der Waals surface area (Å²) in [6.45, 7) is 7.21. The van der Waals surface area contributed by atoms with Gasteiger partial charge in [-0.15, -0.1) is 0 Å². The Morgan fingerprint density at radius 2 is 1.67 bits per heavy atom. The highest BCUT2D eigenvalue weighted by Crippen LogP contribution is 2.48. The Morgan fingerprint density at radius 3 is 2.44 bits per heavy atom. The predicted molar refractivity (Wildman–Crippen MR) is 161 cm³/mol. The third-order valence-corrected chi connectivity index (χ3v) is 7.73. The summed E-state index contributed by atoms with van der Waals surface area (Å²) in [5.41, 5.74) is 4.32. The van der Waals surface area contributed by atoms with Crippen LogP contribution in [0.1, 0.15) is 80.8 Å². The van der Waals surface area contributed by atoms with Crippen LogP contribution < -0.4 is 14.2 Å². The van der Waals surface area contributed by atoms with E-state index >= 15 is 0 Å². The molecule has 39 heavy (non-hydrogen) atoms. The van der Waals surface area contributed by atoms with Crippen molar-refractivity contribution in [3.05, 3.63) is 101 Å².